The van der Waals surface area contributed by atoms with Gasteiger partial charge >= 0.3 is 0 Å². The summed E-state index contributed by atoms with van der Waals surface area (Å²) < 4.78 is 5.31. The Hall–Kier alpha value is -2.94. The molecule has 8 heteroatoms. The highest BCUT2D eigenvalue weighted by Crippen LogP contribution is 2.44. The monoisotopic (exact) mass is 553 g/mol. The van der Waals surface area contributed by atoms with Crippen molar-refractivity contribution in [3.8, 4) is 5.75 Å². The molecule has 1 heterocycles. The quantitative estimate of drug-likeness (QED) is 0.302. The third-order valence-corrected chi connectivity index (χ3v) is 8.09. The van der Waals surface area contributed by atoms with Crippen molar-refractivity contribution in [3.63, 3.8) is 0 Å². The lowest BCUT2D eigenvalue weighted by atomic mass is 9.63. The lowest BCUT2D eigenvalue weighted by Gasteiger charge is -2.42. The second-order valence-corrected chi connectivity index (χ2v) is 11.2. The van der Waals surface area contributed by atoms with E-state index in [9.17, 15) is 14.7 Å². The number of hydrogen-bond donors (Lipinski definition) is 3. The molecule has 1 aliphatic carbocycles. The van der Waals surface area contributed by atoms with Gasteiger partial charge in [0.05, 0.1) is 18.6 Å². The molecule has 0 spiro atoms. The van der Waals surface area contributed by atoms with E-state index in [2.05, 4.69) is 19.2 Å². The lowest BCUT2D eigenvalue weighted by Crippen LogP contribution is -2.51. The van der Waals surface area contributed by atoms with Crippen LogP contribution in [0.4, 0.5) is 0 Å². The van der Waals surface area contributed by atoms with Crippen LogP contribution < -0.4 is 15.8 Å². The van der Waals surface area contributed by atoms with Gasteiger partial charge in [-0.15, -0.1) is 0 Å². The molecular formula is C31H43N3O4S. The summed E-state index contributed by atoms with van der Waals surface area (Å²) in [5.41, 5.74) is 8.40. The molecule has 0 fully saturated rings. The zero-order valence-electron chi connectivity index (χ0n) is 23.6. The molecule has 1 unspecified atom stereocenters. The molecule has 2 aromatic rings. The minimum absolute atomic E-state index is 0.0586. The summed E-state index contributed by atoms with van der Waals surface area (Å²) in [5, 5.41) is 19.0. The second-order valence-electron chi connectivity index (χ2n) is 10.4. The molecule has 0 radical (unpaired) electrons. The smallest absolute Gasteiger partial charge is 0.249 e. The first kappa shape index (κ1) is 30.6. The number of carbonyl (C=O) groups excluding carboxylic acids is 2. The van der Waals surface area contributed by atoms with Gasteiger partial charge in [0.15, 0.2) is 0 Å². The number of nitrogens with one attached hydrogen (secondary N) is 1. The SMILES string of the molecule is CCCN(CCC)C(=O)C1=CC(C)=CC(C(N)=O)([C@H](Cc2ccsc2)[C@@H](O)CNCc2cccc(OC)c2)C1. The van der Waals surface area contributed by atoms with Crippen molar-refractivity contribution in [2.75, 3.05) is 26.7 Å². The largest absolute Gasteiger partial charge is 0.497 e. The Labute approximate surface area is 236 Å². The molecule has 1 aromatic carbocycles. The van der Waals surface area contributed by atoms with Crippen molar-refractivity contribution in [1.82, 2.24) is 10.2 Å². The third kappa shape index (κ3) is 7.81. The fraction of sp³-hybridized carbons (Fsp3) is 0.484. The highest BCUT2D eigenvalue weighted by atomic mass is 32.1. The number of carbonyl (C=O) groups is 2. The highest BCUT2D eigenvalue weighted by Gasteiger charge is 2.48. The number of rotatable bonds is 15. The topological polar surface area (TPSA) is 105 Å². The predicted octanol–water partition coefficient (Wildman–Crippen LogP) is 4.46. The number of aliphatic hydroxyl groups is 1. The first-order chi connectivity index (χ1) is 18.7. The number of thiophene rings is 1. The van der Waals surface area contributed by atoms with Crippen LogP contribution in [0.1, 0.15) is 51.2 Å². The maximum absolute atomic E-state index is 13.6. The van der Waals surface area contributed by atoms with Crippen LogP contribution in [0, 0.1) is 11.3 Å². The Morgan fingerprint density at radius 1 is 1.21 bits per heavy atom. The van der Waals surface area contributed by atoms with Crippen molar-refractivity contribution >= 4 is 23.2 Å². The summed E-state index contributed by atoms with van der Waals surface area (Å²) in [4.78, 5) is 28.8. The van der Waals surface area contributed by atoms with Gasteiger partial charge in [-0.3, -0.25) is 9.59 Å². The lowest BCUT2D eigenvalue weighted by molar-refractivity contribution is -0.132. The van der Waals surface area contributed by atoms with Crippen LogP contribution in [-0.2, 0) is 22.6 Å². The predicted molar refractivity (Wildman–Crippen MR) is 157 cm³/mol. The number of methoxy groups -OCH3 is 1. The molecule has 7 nitrogen and oxygen atoms in total. The average Bonchev–Trinajstić information content (AvgIpc) is 3.44. The summed E-state index contributed by atoms with van der Waals surface area (Å²) in [6, 6.07) is 9.76. The van der Waals surface area contributed by atoms with Crippen LogP contribution in [0.3, 0.4) is 0 Å². The fourth-order valence-electron chi connectivity index (χ4n) is 5.53. The van der Waals surface area contributed by atoms with Crippen molar-refractivity contribution in [2.24, 2.45) is 17.1 Å². The molecule has 212 valence electrons. The van der Waals surface area contributed by atoms with E-state index in [0.717, 1.165) is 35.3 Å². The molecule has 39 heavy (non-hydrogen) atoms. The van der Waals surface area contributed by atoms with E-state index in [0.29, 0.717) is 31.6 Å². The van der Waals surface area contributed by atoms with Crippen molar-refractivity contribution < 1.29 is 19.4 Å². The van der Waals surface area contributed by atoms with Gasteiger partial charge in [0.25, 0.3) is 0 Å². The Bertz CT molecular complexity index is 1150. The first-order valence-electron chi connectivity index (χ1n) is 13.8. The van der Waals surface area contributed by atoms with E-state index in [1.54, 1.807) is 18.4 Å². The molecule has 1 aromatic heterocycles. The standard InChI is InChI=1S/C31H43N3O4S/c1-5-11-34(12-6-2)29(36)25-14-22(3)17-31(18-25,30(32)37)27(16-24-10-13-39-21-24)28(35)20-33-19-23-8-7-9-26(15-23)38-4/h7-10,13-15,17,21,27-28,33,35H,5-6,11-12,16,18-20H2,1-4H3,(H2,32,37)/t27-,28+,31?/m1/s1. The minimum Gasteiger partial charge on any atom is -0.497 e. The number of primary amides is 1. The number of benzene rings is 1. The Morgan fingerprint density at radius 3 is 2.56 bits per heavy atom. The van der Waals surface area contributed by atoms with E-state index in [4.69, 9.17) is 10.5 Å². The Morgan fingerprint density at radius 2 is 1.95 bits per heavy atom. The number of nitrogens with zero attached hydrogens (tertiary/aromatic N) is 1. The Balaban J connectivity index is 1.89. The fourth-order valence-corrected chi connectivity index (χ4v) is 6.21. The first-order valence-corrected chi connectivity index (χ1v) is 14.7. The van der Waals surface area contributed by atoms with Crippen LogP contribution >= 0.6 is 11.3 Å². The molecule has 2 amide bonds. The highest BCUT2D eigenvalue weighted by molar-refractivity contribution is 7.07. The van der Waals surface area contributed by atoms with Crippen LogP contribution in [0.5, 0.6) is 5.75 Å². The van der Waals surface area contributed by atoms with Gasteiger partial charge in [0.2, 0.25) is 11.8 Å². The number of allylic oxidation sites excluding steroid dienone is 2. The summed E-state index contributed by atoms with van der Waals surface area (Å²) in [5.74, 6) is -0.342. The maximum Gasteiger partial charge on any atom is 0.249 e. The molecular weight excluding hydrogens is 510 g/mol. The van der Waals surface area contributed by atoms with Crippen LogP contribution in [0.2, 0.25) is 0 Å². The number of ether oxygens (including phenoxy) is 1. The van der Waals surface area contributed by atoms with Gasteiger partial charge in [0, 0.05) is 37.7 Å². The second kappa shape index (κ2) is 14.4. The van der Waals surface area contributed by atoms with Crippen molar-refractivity contribution in [2.45, 2.75) is 59.1 Å². The Kier molecular flexibility index (Phi) is 11.3. The van der Waals surface area contributed by atoms with Gasteiger partial charge in [-0.1, -0.05) is 43.7 Å². The van der Waals surface area contributed by atoms with E-state index in [1.807, 2.05) is 65.1 Å². The summed E-state index contributed by atoms with van der Waals surface area (Å²) in [7, 11) is 1.63. The van der Waals surface area contributed by atoms with E-state index in [-0.39, 0.29) is 18.9 Å². The number of aliphatic hydroxyl groups excluding tert-OH is 1. The van der Waals surface area contributed by atoms with Crippen molar-refractivity contribution in [3.05, 3.63) is 75.5 Å². The molecule has 3 atom stereocenters. The molecule has 0 saturated carbocycles. The summed E-state index contributed by atoms with van der Waals surface area (Å²) >= 11 is 1.57. The van der Waals surface area contributed by atoms with Crippen LogP contribution in [-0.4, -0.2) is 54.7 Å². The molecule has 1 aliphatic rings. The zero-order chi connectivity index (χ0) is 28.4. The molecule has 0 aliphatic heterocycles. The number of nitrogens with two attached hydrogens (primary N) is 1. The van der Waals surface area contributed by atoms with Gasteiger partial charge in [-0.2, -0.15) is 11.3 Å². The van der Waals surface area contributed by atoms with E-state index < -0.39 is 23.3 Å². The summed E-state index contributed by atoms with van der Waals surface area (Å²) in [6.07, 6.45) is 5.21. The maximum atomic E-state index is 13.6. The van der Waals surface area contributed by atoms with Gasteiger partial charge in [-0.25, -0.2) is 0 Å². The number of hydrogen-bond acceptors (Lipinski definition) is 6. The van der Waals surface area contributed by atoms with E-state index in [1.165, 1.54) is 0 Å². The average molecular weight is 554 g/mol. The van der Waals surface area contributed by atoms with Gasteiger partial charge in [-0.05, 0) is 72.7 Å². The zero-order valence-corrected chi connectivity index (χ0v) is 24.4. The third-order valence-electron chi connectivity index (χ3n) is 7.36. The molecule has 4 N–H and O–H groups in total. The van der Waals surface area contributed by atoms with E-state index >= 15 is 0 Å². The molecule has 3 rings (SSSR count). The summed E-state index contributed by atoms with van der Waals surface area (Å²) in [6.45, 7) is 8.11. The van der Waals surface area contributed by atoms with Crippen molar-refractivity contribution in [1.29, 1.82) is 0 Å². The molecule has 0 bridgehead atoms. The van der Waals surface area contributed by atoms with Crippen LogP contribution in [0.15, 0.2) is 64.4 Å². The van der Waals surface area contributed by atoms with Gasteiger partial charge < -0.3 is 25.8 Å². The molecule has 0 saturated heterocycles. The minimum atomic E-state index is -1.20. The number of amides is 2. The van der Waals surface area contributed by atoms with Gasteiger partial charge in [0.1, 0.15) is 5.75 Å². The van der Waals surface area contributed by atoms with Crippen LogP contribution in [0.25, 0.3) is 0 Å². The normalized spacial score (nSPS) is 18.6.